The molecule has 1 aromatic heterocycles. The van der Waals surface area contributed by atoms with Gasteiger partial charge in [0.25, 0.3) is 0 Å². The molecule has 0 aromatic carbocycles. The zero-order chi connectivity index (χ0) is 11.1. The fourth-order valence-corrected chi connectivity index (χ4v) is 1.54. The number of nitrogens with one attached hydrogen (secondary N) is 1. The molecule has 1 N–H and O–H groups in total. The third-order valence-electron chi connectivity index (χ3n) is 2.12. The second-order valence-electron chi connectivity index (χ2n) is 3.81. The number of likely N-dealkylation sites (N-methyl/N-ethyl adjacent to an activating group) is 2. The second kappa shape index (κ2) is 6.32. The molecule has 3 heteroatoms. The Bertz CT molecular complexity index is 295. The number of nitrogens with zero attached hydrogens (tertiary/aromatic N) is 2. The monoisotopic (exact) mass is 205 g/mol. The molecule has 0 saturated carbocycles. The van der Waals surface area contributed by atoms with Gasteiger partial charge in [0, 0.05) is 32.0 Å². The van der Waals surface area contributed by atoms with Gasteiger partial charge in [0.05, 0.1) is 0 Å². The number of rotatable bonds is 6. The van der Waals surface area contributed by atoms with E-state index >= 15 is 0 Å². The molecule has 0 spiro atoms. The van der Waals surface area contributed by atoms with Crippen LogP contribution in [0.1, 0.15) is 5.56 Å². The van der Waals surface area contributed by atoms with Crippen molar-refractivity contribution in [2.45, 2.75) is 6.54 Å². The predicted octanol–water partition coefficient (Wildman–Crippen LogP) is 1.29. The molecular formula is C12H19N3. The maximum absolute atomic E-state index is 4.01. The molecule has 0 aliphatic rings. The summed E-state index contributed by atoms with van der Waals surface area (Å²) in [5.74, 6) is 0. The molecule has 0 unspecified atom stereocenters. The summed E-state index contributed by atoms with van der Waals surface area (Å²) in [7, 11) is 4.04. The molecule has 0 aliphatic carbocycles. The minimum Gasteiger partial charge on any atom is -0.316 e. The molecule has 0 saturated heterocycles. The number of pyridine rings is 1. The van der Waals surface area contributed by atoms with Gasteiger partial charge in [0.1, 0.15) is 0 Å². The molecule has 0 fully saturated rings. The van der Waals surface area contributed by atoms with E-state index in [1.165, 1.54) is 11.1 Å². The van der Waals surface area contributed by atoms with E-state index in [2.05, 4.69) is 28.8 Å². The highest BCUT2D eigenvalue weighted by Crippen LogP contribution is 2.02. The lowest BCUT2D eigenvalue weighted by Gasteiger charge is -2.17. The van der Waals surface area contributed by atoms with Crippen LogP contribution in [0.4, 0.5) is 0 Å². The Morgan fingerprint density at radius 3 is 2.73 bits per heavy atom. The van der Waals surface area contributed by atoms with Crippen molar-refractivity contribution in [1.82, 2.24) is 15.2 Å². The Morgan fingerprint density at radius 2 is 2.13 bits per heavy atom. The first kappa shape index (κ1) is 11.9. The zero-order valence-corrected chi connectivity index (χ0v) is 9.53. The number of aromatic nitrogens is 1. The fourth-order valence-electron chi connectivity index (χ4n) is 1.54. The summed E-state index contributed by atoms with van der Waals surface area (Å²) < 4.78 is 0. The lowest BCUT2D eigenvalue weighted by molar-refractivity contribution is 0.352. The summed E-state index contributed by atoms with van der Waals surface area (Å²) in [5.41, 5.74) is 2.49. The van der Waals surface area contributed by atoms with Crippen LogP contribution in [0.25, 0.3) is 0 Å². The molecule has 1 aromatic rings. The van der Waals surface area contributed by atoms with Crippen LogP contribution in [0.15, 0.2) is 36.7 Å². The molecule has 0 atom stereocenters. The van der Waals surface area contributed by atoms with Gasteiger partial charge in [0.15, 0.2) is 0 Å². The van der Waals surface area contributed by atoms with E-state index in [0.29, 0.717) is 0 Å². The van der Waals surface area contributed by atoms with E-state index in [4.69, 9.17) is 0 Å². The molecule has 0 amide bonds. The van der Waals surface area contributed by atoms with Crippen molar-refractivity contribution in [1.29, 1.82) is 0 Å². The van der Waals surface area contributed by atoms with Crippen LogP contribution in [0.5, 0.6) is 0 Å². The van der Waals surface area contributed by atoms with Crippen LogP contribution in [-0.4, -0.2) is 37.1 Å². The molecule has 0 radical (unpaired) electrons. The summed E-state index contributed by atoms with van der Waals surface area (Å²) in [5, 5.41) is 3.10. The first-order valence-corrected chi connectivity index (χ1v) is 5.11. The topological polar surface area (TPSA) is 28.2 Å². The van der Waals surface area contributed by atoms with Crippen molar-refractivity contribution in [3.8, 4) is 0 Å². The average Bonchev–Trinajstić information content (AvgIpc) is 2.19. The molecular weight excluding hydrogens is 186 g/mol. The van der Waals surface area contributed by atoms with E-state index < -0.39 is 0 Å². The van der Waals surface area contributed by atoms with Crippen molar-refractivity contribution >= 4 is 0 Å². The summed E-state index contributed by atoms with van der Waals surface area (Å²) in [6.07, 6.45) is 3.65. The third kappa shape index (κ3) is 4.72. The predicted molar refractivity (Wildman–Crippen MR) is 63.6 cm³/mol. The molecule has 15 heavy (non-hydrogen) atoms. The highest BCUT2D eigenvalue weighted by Gasteiger charge is 2.01. The second-order valence-corrected chi connectivity index (χ2v) is 3.81. The van der Waals surface area contributed by atoms with Crippen LogP contribution >= 0.6 is 0 Å². The normalized spacial score (nSPS) is 10.6. The van der Waals surface area contributed by atoms with Crippen molar-refractivity contribution in [2.75, 3.05) is 27.2 Å². The standard InChI is InChI=1S/C12H19N3/c1-11(8-13-2)9-15(3)10-12-4-6-14-7-5-12/h4-7,13H,1,8-10H2,2-3H3. The van der Waals surface area contributed by atoms with Gasteiger partial charge < -0.3 is 5.32 Å². The summed E-state index contributed by atoms with van der Waals surface area (Å²) >= 11 is 0. The van der Waals surface area contributed by atoms with Crippen LogP contribution in [0.3, 0.4) is 0 Å². The smallest absolute Gasteiger partial charge is 0.0271 e. The zero-order valence-electron chi connectivity index (χ0n) is 9.53. The van der Waals surface area contributed by atoms with Gasteiger partial charge in [-0.05, 0) is 37.4 Å². The highest BCUT2D eigenvalue weighted by molar-refractivity contribution is 5.10. The van der Waals surface area contributed by atoms with Gasteiger partial charge in [0.2, 0.25) is 0 Å². The minimum atomic E-state index is 0.876. The Balaban J connectivity index is 2.36. The molecule has 1 rings (SSSR count). The molecule has 82 valence electrons. The van der Waals surface area contributed by atoms with Gasteiger partial charge in [-0.3, -0.25) is 9.88 Å². The fraction of sp³-hybridized carbons (Fsp3) is 0.417. The summed E-state index contributed by atoms with van der Waals surface area (Å²) in [6, 6.07) is 4.08. The summed E-state index contributed by atoms with van der Waals surface area (Å²) in [4.78, 5) is 6.24. The van der Waals surface area contributed by atoms with Crippen molar-refractivity contribution in [3.05, 3.63) is 42.2 Å². The first-order valence-electron chi connectivity index (χ1n) is 5.11. The Labute approximate surface area is 91.8 Å². The van der Waals surface area contributed by atoms with Crippen LogP contribution in [-0.2, 0) is 6.54 Å². The Hall–Kier alpha value is -1.19. The Kier molecular flexibility index (Phi) is 5.01. The van der Waals surface area contributed by atoms with Crippen LogP contribution < -0.4 is 5.32 Å². The van der Waals surface area contributed by atoms with Gasteiger partial charge in [-0.1, -0.05) is 6.58 Å². The SMILES string of the molecule is C=C(CNC)CN(C)Cc1ccncc1. The van der Waals surface area contributed by atoms with Gasteiger partial charge in [-0.2, -0.15) is 0 Å². The lowest BCUT2D eigenvalue weighted by atomic mass is 10.2. The van der Waals surface area contributed by atoms with Crippen molar-refractivity contribution in [2.24, 2.45) is 0 Å². The van der Waals surface area contributed by atoms with Gasteiger partial charge in [-0.25, -0.2) is 0 Å². The van der Waals surface area contributed by atoms with Crippen molar-refractivity contribution in [3.63, 3.8) is 0 Å². The average molecular weight is 205 g/mol. The molecule has 0 aliphatic heterocycles. The Morgan fingerprint density at radius 1 is 1.47 bits per heavy atom. The minimum absolute atomic E-state index is 0.876. The van der Waals surface area contributed by atoms with Gasteiger partial charge in [-0.15, -0.1) is 0 Å². The number of hydrogen-bond donors (Lipinski definition) is 1. The molecule has 1 heterocycles. The third-order valence-corrected chi connectivity index (χ3v) is 2.12. The van der Waals surface area contributed by atoms with E-state index in [-0.39, 0.29) is 0 Å². The maximum atomic E-state index is 4.01. The largest absolute Gasteiger partial charge is 0.316 e. The van der Waals surface area contributed by atoms with E-state index in [1.807, 2.05) is 31.6 Å². The van der Waals surface area contributed by atoms with E-state index in [1.54, 1.807) is 0 Å². The lowest BCUT2D eigenvalue weighted by Crippen LogP contribution is -2.24. The molecule has 0 bridgehead atoms. The van der Waals surface area contributed by atoms with Crippen LogP contribution in [0.2, 0.25) is 0 Å². The first-order chi connectivity index (χ1) is 7.22. The number of hydrogen-bond acceptors (Lipinski definition) is 3. The van der Waals surface area contributed by atoms with Crippen molar-refractivity contribution < 1.29 is 0 Å². The van der Waals surface area contributed by atoms with E-state index in [0.717, 1.165) is 19.6 Å². The molecule has 3 nitrogen and oxygen atoms in total. The maximum Gasteiger partial charge on any atom is 0.0271 e. The summed E-state index contributed by atoms with van der Waals surface area (Å²) in [6.45, 7) is 6.74. The quantitative estimate of drug-likeness (QED) is 0.709. The highest BCUT2D eigenvalue weighted by atomic mass is 15.1. The van der Waals surface area contributed by atoms with Crippen LogP contribution in [0, 0.1) is 0 Å². The van der Waals surface area contributed by atoms with E-state index in [9.17, 15) is 0 Å². The van der Waals surface area contributed by atoms with Gasteiger partial charge >= 0.3 is 0 Å².